The molecule has 6 nitrogen and oxygen atoms in total. The van der Waals surface area contributed by atoms with Crippen molar-refractivity contribution in [1.82, 2.24) is 4.31 Å². The molecule has 1 fully saturated rings. The SMILES string of the molecule is CCc1ccc(NC(=O)C2CCCN(S(=O)(=O)c3ccc(OC)c(C)c3)C2)cc1. The number of rotatable bonds is 6. The number of piperidine rings is 1. The first kappa shape index (κ1) is 21.3. The van der Waals surface area contributed by atoms with Crippen LogP contribution in [-0.4, -0.2) is 38.8 Å². The van der Waals surface area contributed by atoms with Crippen molar-refractivity contribution in [2.75, 3.05) is 25.5 Å². The van der Waals surface area contributed by atoms with Gasteiger partial charge in [-0.2, -0.15) is 4.31 Å². The molecule has 1 aliphatic heterocycles. The number of benzene rings is 2. The number of methoxy groups -OCH3 is 1. The monoisotopic (exact) mass is 416 g/mol. The third kappa shape index (κ3) is 4.79. The van der Waals surface area contributed by atoms with Gasteiger partial charge in [0, 0.05) is 18.8 Å². The smallest absolute Gasteiger partial charge is 0.243 e. The molecule has 1 unspecified atom stereocenters. The van der Waals surface area contributed by atoms with E-state index in [0.29, 0.717) is 25.1 Å². The minimum absolute atomic E-state index is 0.139. The number of sulfonamides is 1. The number of aryl methyl sites for hydroxylation is 2. The van der Waals surface area contributed by atoms with Gasteiger partial charge in [0.25, 0.3) is 0 Å². The maximum absolute atomic E-state index is 13.1. The lowest BCUT2D eigenvalue weighted by Crippen LogP contribution is -2.43. The molecule has 2 aromatic carbocycles. The maximum Gasteiger partial charge on any atom is 0.243 e. The van der Waals surface area contributed by atoms with Crippen LogP contribution >= 0.6 is 0 Å². The molecule has 0 radical (unpaired) electrons. The number of carbonyl (C=O) groups is 1. The molecular formula is C22H28N2O4S. The molecule has 1 N–H and O–H groups in total. The van der Waals surface area contributed by atoms with E-state index in [9.17, 15) is 13.2 Å². The van der Waals surface area contributed by atoms with Gasteiger partial charge in [-0.1, -0.05) is 19.1 Å². The van der Waals surface area contributed by atoms with Crippen LogP contribution in [0.15, 0.2) is 47.4 Å². The van der Waals surface area contributed by atoms with E-state index in [-0.39, 0.29) is 23.3 Å². The average molecular weight is 417 g/mol. The zero-order valence-electron chi connectivity index (χ0n) is 17.1. The summed E-state index contributed by atoms with van der Waals surface area (Å²) in [6.07, 6.45) is 2.27. The molecule has 1 amide bonds. The summed E-state index contributed by atoms with van der Waals surface area (Å²) in [6.45, 7) is 4.50. The highest BCUT2D eigenvalue weighted by molar-refractivity contribution is 7.89. The maximum atomic E-state index is 13.1. The molecule has 7 heteroatoms. The Morgan fingerprint density at radius 1 is 1.21 bits per heavy atom. The largest absolute Gasteiger partial charge is 0.496 e. The summed E-state index contributed by atoms with van der Waals surface area (Å²) in [5.74, 6) is 0.137. The lowest BCUT2D eigenvalue weighted by atomic mass is 9.98. The Labute approximate surface area is 172 Å². The number of hydrogen-bond donors (Lipinski definition) is 1. The number of hydrogen-bond acceptors (Lipinski definition) is 4. The van der Waals surface area contributed by atoms with E-state index >= 15 is 0 Å². The quantitative estimate of drug-likeness (QED) is 0.781. The van der Waals surface area contributed by atoms with Crippen molar-refractivity contribution in [3.05, 3.63) is 53.6 Å². The second-order valence-electron chi connectivity index (χ2n) is 7.37. The van der Waals surface area contributed by atoms with Crippen LogP contribution in [0.4, 0.5) is 5.69 Å². The lowest BCUT2D eigenvalue weighted by molar-refractivity contribution is -0.120. The van der Waals surface area contributed by atoms with Gasteiger partial charge in [-0.15, -0.1) is 0 Å². The van der Waals surface area contributed by atoms with Crippen molar-refractivity contribution >= 4 is 21.6 Å². The fourth-order valence-corrected chi connectivity index (χ4v) is 5.21. The van der Waals surface area contributed by atoms with Crippen molar-refractivity contribution in [1.29, 1.82) is 0 Å². The predicted octanol–water partition coefficient (Wildman–Crippen LogP) is 3.61. The van der Waals surface area contributed by atoms with Crippen LogP contribution in [0.3, 0.4) is 0 Å². The van der Waals surface area contributed by atoms with E-state index in [1.807, 2.05) is 31.2 Å². The normalized spacial score (nSPS) is 17.7. The van der Waals surface area contributed by atoms with Gasteiger partial charge < -0.3 is 10.1 Å². The molecule has 1 heterocycles. The fraction of sp³-hybridized carbons (Fsp3) is 0.409. The Hall–Kier alpha value is -2.38. The number of amides is 1. The molecule has 156 valence electrons. The van der Waals surface area contributed by atoms with E-state index in [1.165, 1.54) is 9.87 Å². The number of anilines is 1. The molecule has 1 saturated heterocycles. The van der Waals surface area contributed by atoms with Crippen molar-refractivity contribution in [2.24, 2.45) is 5.92 Å². The summed E-state index contributed by atoms with van der Waals surface area (Å²) in [5, 5.41) is 2.92. The number of ether oxygens (including phenoxy) is 1. The molecule has 3 rings (SSSR count). The second-order valence-corrected chi connectivity index (χ2v) is 9.31. The molecular weight excluding hydrogens is 388 g/mol. The van der Waals surface area contributed by atoms with Crippen LogP contribution in [0.2, 0.25) is 0 Å². The Kier molecular flexibility index (Phi) is 6.59. The minimum atomic E-state index is -3.66. The third-order valence-electron chi connectivity index (χ3n) is 5.39. The van der Waals surface area contributed by atoms with Crippen LogP contribution in [0, 0.1) is 12.8 Å². The first-order valence-electron chi connectivity index (χ1n) is 9.89. The lowest BCUT2D eigenvalue weighted by Gasteiger charge is -2.31. The molecule has 29 heavy (non-hydrogen) atoms. The van der Waals surface area contributed by atoms with Crippen molar-refractivity contribution in [2.45, 2.75) is 38.0 Å². The zero-order chi connectivity index (χ0) is 21.0. The summed E-state index contributed by atoms with van der Waals surface area (Å²) >= 11 is 0. The van der Waals surface area contributed by atoms with Gasteiger partial charge in [-0.3, -0.25) is 4.79 Å². The summed E-state index contributed by atoms with van der Waals surface area (Å²) < 4.78 is 32.8. The topological polar surface area (TPSA) is 75.7 Å². The summed E-state index contributed by atoms with van der Waals surface area (Å²) in [6, 6.07) is 12.6. The zero-order valence-corrected chi connectivity index (χ0v) is 18.0. The van der Waals surface area contributed by atoms with Gasteiger partial charge >= 0.3 is 0 Å². The Bertz CT molecular complexity index is 971. The molecule has 2 aromatic rings. The Morgan fingerprint density at radius 3 is 2.55 bits per heavy atom. The van der Waals surface area contributed by atoms with Gasteiger partial charge in [0.15, 0.2) is 0 Å². The van der Waals surface area contributed by atoms with Crippen LogP contribution in [0.1, 0.15) is 30.9 Å². The van der Waals surface area contributed by atoms with Crippen molar-refractivity contribution in [3.8, 4) is 5.75 Å². The van der Waals surface area contributed by atoms with Crippen LogP contribution in [-0.2, 0) is 21.2 Å². The summed E-state index contributed by atoms with van der Waals surface area (Å²) in [7, 11) is -2.10. The number of carbonyl (C=O) groups excluding carboxylic acids is 1. The van der Waals surface area contributed by atoms with E-state index in [2.05, 4.69) is 12.2 Å². The van der Waals surface area contributed by atoms with E-state index in [0.717, 1.165) is 17.7 Å². The average Bonchev–Trinajstić information content (AvgIpc) is 2.74. The number of nitrogens with zero attached hydrogens (tertiary/aromatic N) is 1. The minimum Gasteiger partial charge on any atom is -0.496 e. The summed E-state index contributed by atoms with van der Waals surface area (Å²) in [4.78, 5) is 12.9. The first-order chi connectivity index (χ1) is 13.8. The third-order valence-corrected chi connectivity index (χ3v) is 7.25. The standard InChI is InChI=1S/C22H28N2O4S/c1-4-17-7-9-19(10-8-17)23-22(25)18-6-5-13-24(15-18)29(26,27)20-11-12-21(28-3)16(2)14-20/h7-12,14,18H,4-6,13,15H2,1-3H3,(H,23,25). The van der Waals surface area contributed by atoms with E-state index in [1.54, 1.807) is 25.3 Å². The van der Waals surface area contributed by atoms with Gasteiger partial charge in [0.1, 0.15) is 5.75 Å². The molecule has 0 bridgehead atoms. The summed E-state index contributed by atoms with van der Waals surface area (Å²) in [5.41, 5.74) is 2.70. The molecule has 1 atom stereocenters. The van der Waals surface area contributed by atoms with Gasteiger partial charge in [-0.05, 0) is 67.6 Å². The van der Waals surface area contributed by atoms with Crippen LogP contribution < -0.4 is 10.1 Å². The number of nitrogens with one attached hydrogen (secondary N) is 1. The Balaban J connectivity index is 1.71. The van der Waals surface area contributed by atoms with Crippen LogP contribution in [0.5, 0.6) is 5.75 Å². The Morgan fingerprint density at radius 2 is 1.93 bits per heavy atom. The van der Waals surface area contributed by atoms with Crippen molar-refractivity contribution < 1.29 is 17.9 Å². The molecule has 1 aliphatic rings. The van der Waals surface area contributed by atoms with Gasteiger partial charge in [-0.25, -0.2) is 8.42 Å². The highest BCUT2D eigenvalue weighted by atomic mass is 32.2. The second kappa shape index (κ2) is 8.97. The highest BCUT2D eigenvalue weighted by Crippen LogP contribution is 2.27. The van der Waals surface area contributed by atoms with Crippen molar-refractivity contribution in [3.63, 3.8) is 0 Å². The fourth-order valence-electron chi connectivity index (χ4n) is 3.60. The first-order valence-corrected chi connectivity index (χ1v) is 11.3. The van der Waals surface area contributed by atoms with E-state index < -0.39 is 10.0 Å². The molecule has 0 spiro atoms. The molecule has 0 saturated carbocycles. The van der Waals surface area contributed by atoms with Gasteiger partial charge in [0.2, 0.25) is 15.9 Å². The van der Waals surface area contributed by atoms with Gasteiger partial charge in [0.05, 0.1) is 17.9 Å². The highest BCUT2D eigenvalue weighted by Gasteiger charge is 2.33. The van der Waals surface area contributed by atoms with Crippen LogP contribution in [0.25, 0.3) is 0 Å². The molecule has 0 aromatic heterocycles. The molecule has 0 aliphatic carbocycles. The predicted molar refractivity (Wildman–Crippen MR) is 114 cm³/mol. The van der Waals surface area contributed by atoms with E-state index in [4.69, 9.17) is 4.74 Å².